The Labute approximate surface area is 142 Å². The van der Waals surface area contributed by atoms with Gasteiger partial charge in [0.05, 0.1) is 0 Å². The minimum Gasteiger partial charge on any atom is -0.106 e. The zero-order valence-electron chi connectivity index (χ0n) is 18.7. The highest BCUT2D eigenvalue weighted by Crippen LogP contribution is 1.66. The van der Waals surface area contributed by atoms with Crippen LogP contribution >= 0.6 is 0 Å². The predicted molar refractivity (Wildman–Crippen MR) is 116 cm³/mol. The van der Waals surface area contributed by atoms with E-state index in [4.69, 9.17) is 0 Å². The summed E-state index contributed by atoms with van der Waals surface area (Å²) in [6.45, 7) is 40.8. The molecule has 0 N–H and O–H groups in total. The minimum absolute atomic E-state index is 1.08. The molecule has 0 aliphatic carbocycles. The fourth-order valence-corrected chi connectivity index (χ4v) is 0. The summed E-state index contributed by atoms with van der Waals surface area (Å²) in [5.41, 5.74) is 0. The molecule has 0 radical (unpaired) electrons. The van der Waals surface area contributed by atoms with Crippen molar-refractivity contribution in [2.24, 2.45) is 0 Å². The van der Waals surface area contributed by atoms with Gasteiger partial charge in [0.1, 0.15) is 0 Å². The molecular weight excluding hydrogens is 252 g/mol. The molecule has 0 saturated carbocycles. The third kappa shape index (κ3) is 118000. The topological polar surface area (TPSA) is 0 Å². The van der Waals surface area contributed by atoms with Gasteiger partial charge in [0.15, 0.2) is 0 Å². The quantitative estimate of drug-likeness (QED) is 0.423. The second-order valence-corrected chi connectivity index (χ2v) is 1.11. The van der Waals surface area contributed by atoms with E-state index in [0.29, 0.717) is 0 Å². The van der Waals surface area contributed by atoms with E-state index in [0.717, 1.165) is 6.42 Å². The monoisotopic (exact) mass is 306 g/mol. The summed E-state index contributed by atoms with van der Waals surface area (Å²) >= 11 is 0. The highest BCUT2D eigenvalue weighted by molar-refractivity contribution is 4.60. The van der Waals surface area contributed by atoms with Crippen LogP contribution in [0.15, 0.2) is 38.5 Å². The zero-order valence-corrected chi connectivity index (χ0v) is 18.7. The molecule has 0 heteroatoms. The van der Waals surface area contributed by atoms with Gasteiger partial charge in [0.2, 0.25) is 0 Å². The van der Waals surface area contributed by atoms with E-state index in [1.54, 1.807) is 6.08 Å². The van der Waals surface area contributed by atoms with Crippen LogP contribution in [0.5, 0.6) is 0 Å². The lowest BCUT2D eigenvalue weighted by molar-refractivity contribution is 1.23. The molecule has 0 fully saturated rings. The maximum atomic E-state index is 3.48. The van der Waals surface area contributed by atoms with Gasteiger partial charge in [0.25, 0.3) is 0 Å². The Morgan fingerprint density at radius 2 is 0.619 bits per heavy atom. The van der Waals surface area contributed by atoms with Gasteiger partial charge in [0, 0.05) is 0 Å². The first-order chi connectivity index (χ1) is 10.3. The van der Waals surface area contributed by atoms with Crippen molar-refractivity contribution < 1.29 is 0 Å². The maximum absolute atomic E-state index is 3.48. The maximum Gasteiger partial charge on any atom is -0.0382 e. The average molecular weight is 307 g/mol. The Morgan fingerprint density at radius 1 is 0.571 bits per heavy atom. The predicted octanol–water partition coefficient (Wildman–Crippen LogP) is 9.73. The summed E-state index contributed by atoms with van der Waals surface area (Å²) in [6, 6.07) is 0. The molecule has 0 aromatic heterocycles. The first-order valence-electron chi connectivity index (χ1n) is 9.01. The van der Waals surface area contributed by atoms with Gasteiger partial charge in [-0.1, -0.05) is 102 Å². The van der Waals surface area contributed by atoms with Crippen molar-refractivity contribution >= 4 is 0 Å². The van der Waals surface area contributed by atoms with Crippen molar-refractivity contribution in [3.05, 3.63) is 38.5 Å². The standard InChI is InChI=1S/C4H8.C3H6.6C2H6.C2H4/c1-3-4-2;1-3-2;7*1-2/h3H,1,4H2,2H3;3H,1H2,2H3;6*1-2H3;1-2H2. The highest BCUT2D eigenvalue weighted by Gasteiger charge is 1.45. The fraction of sp³-hybridized carbons (Fsp3) is 0.714. The molecule has 0 unspecified atom stereocenters. The van der Waals surface area contributed by atoms with Crippen LogP contribution in [0.3, 0.4) is 0 Å². The Morgan fingerprint density at radius 3 is 0.619 bits per heavy atom. The Hall–Kier alpha value is -0.780. The van der Waals surface area contributed by atoms with Crippen molar-refractivity contribution in [1.29, 1.82) is 0 Å². The van der Waals surface area contributed by atoms with Gasteiger partial charge >= 0.3 is 0 Å². The van der Waals surface area contributed by atoms with Gasteiger partial charge < -0.3 is 0 Å². The van der Waals surface area contributed by atoms with Crippen LogP contribution in [0.25, 0.3) is 0 Å². The third-order valence-electron chi connectivity index (χ3n) is 0.289. The van der Waals surface area contributed by atoms with Gasteiger partial charge in [-0.05, 0) is 13.3 Å². The van der Waals surface area contributed by atoms with Crippen LogP contribution < -0.4 is 0 Å². The molecular formula is C21H54. The summed E-state index contributed by atoms with van der Waals surface area (Å²) < 4.78 is 0. The lowest BCUT2D eigenvalue weighted by Gasteiger charge is -1.57. The molecule has 0 aliphatic heterocycles. The molecule has 0 heterocycles. The summed E-state index contributed by atoms with van der Waals surface area (Å²) in [7, 11) is 0. The molecule has 138 valence electrons. The van der Waals surface area contributed by atoms with Crippen LogP contribution in [0.2, 0.25) is 0 Å². The number of hydrogen-bond donors (Lipinski definition) is 0. The molecule has 0 aromatic rings. The first-order valence-corrected chi connectivity index (χ1v) is 9.01. The number of allylic oxidation sites excluding steroid dienone is 2. The summed E-state index contributed by atoms with van der Waals surface area (Å²) in [5, 5.41) is 0. The Balaban J connectivity index is -0.0000000112. The van der Waals surface area contributed by atoms with E-state index in [-0.39, 0.29) is 0 Å². The van der Waals surface area contributed by atoms with E-state index < -0.39 is 0 Å². The van der Waals surface area contributed by atoms with E-state index in [9.17, 15) is 0 Å². The summed E-state index contributed by atoms with van der Waals surface area (Å²) in [6.07, 6.45) is 4.71. The zero-order chi connectivity index (χ0) is 20.1. The molecule has 0 nitrogen and oxygen atoms in total. The van der Waals surface area contributed by atoms with Crippen LogP contribution in [0, 0.1) is 0 Å². The minimum atomic E-state index is 1.08. The third-order valence-corrected chi connectivity index (χ3v) is 0.289. The van der Waals surface area contributed by atoms with Crippen molar-refractivity contribution in [1.82, 2.24) is 0 Å². The Kier molecular flexibility index (Phi) is 3660. The van der Waals surface area contributed by atoms with E-state index in [1.165, 1.54) is 0 Å². The van der Waals surface area contributed by atoms with Crippen molar-refractivity contribution in [3.8, 4) is 0 Å². The van der Waals surface area contributed by atoms with Crippen molar-refractivity contribution in [3.63, 3.8) is 0 Å². The van der Waals surface area contributed by atoms with Gasteiger partial charge in [-0.2, -0.15) is 0 Å². The summed E-state index contributed by atoms with van der Waals surface area (Å²) in [5.74, 6) is 0. The van der Waals surface area contributed by atoms with Crippen molar-refractivity contribution in [2.75, 3.05) is 0 Å². The largest absolute Gasteiger partial charge is 0.106 e. The lowest BCUT2D eigenvalue weighted by Crippen LogP contribution is -1.36. The molecule has 0 bridgehead atoms. The van der Waals surface area contributed by atoms with Gasteiger partial charge in [-0.25, -0.2) is 0 Å². The highest BCUT2D eigenvalue weighted by atomic mass is 13.5. The van der Waals surface area contributed by atoms with E-state index in [1.807, 2.05) is 96.1 Å². The van der Waals surface area contributed by atoms with Gasteiger partial charge in [-0.15, -0.1) is 26.3 Å². The molecule has 0 atom stereocenters. The molecule has 0 rings (SSSR count). The average Bonchev–Trinajstić information content (AvgIpc) is 2.67. The fourth-order valence-electron chi connectivity index (χ4n) is 0. The van der Waals surface area contributed by atoms with Crippen LogP contribution in [-0.2, 0) is 0 Å². The second kappa shape index (κ2) is 1290. The van der Waals surface area contributed by atoms with Crippen molar-refractivity contribution in [2.45, 2.75) is 103 Å². The number of hydrogen-bond acceptors (Lipinski definition) is 0. The molecule has 0 aliphatic rings. The SMILES string of the molecule is C=C.C=CC.C=CCC.CC.CC.CC.CC.CC.CC. The molecule has 0 spiro atoms. The normalized spacial score (nSPS) is 3.71. The molecule has 21 heavy (non-hydrogen) atoms. The smallest absolute Gasteiger partial charge is 0.0382 e. The molecule has 0 saturated heterocycles. The summed E-state index contributed by atoms with van der Waals surface area (Å²) in [4.78, 5) is 0. The lowest BCUT2D eigenvalue weighted by atomic mass is 10.5. The van der Waals surface area contributed by atoms with Gasteiger partial charge in [-0.3, -0.25) is 0 Å². The first kappa shape index (κ1) is 59.3. The van der Waals surface area contributed by atoms with Crippen LogP contribution in [-0.4, -0.2) is 0 Å². The molecule has 0 aromatic carbocycles. The Bertz CT molecular complexity index is 44.0. The van der Waals surface area contributed by atoms with Crippen LogP contribution in [0.4, 0.5) is 0 Å². The van der Waals surface area contributed by atoms with E-state index in [2.05, 4.69) is 33.2 Å². The number of rotatable bonds is 1. The van der Waals surface area contributed by atoms with E-state index >= 15 is 0 Å². The molecule has 0 amide bonds. The second-order valence-electron chi connectivity index (χ2n) is 1.11. The van der Waals surface area contributed by atoms with Crippen LogP contribution in [0.1, 0.15) is 103 Å².